The first kappa shape index (κ1) is 75.4. The van der Waals surface area contributed by atoms with Gasteiger partial charge in [-0.3, -0.25) is 38.7 Å². The number of nitrogens with zero attached hydrogens (tertiary/aromatic N) is 12. The van der Waals surface area contributed by atoms with E-state index in [4.69, 9.17) is 48.4 Å². The maximum atomic E-state index is 18.6. The minimum absolute atomic E-state index is 0.00602. The molecule has 2 aromatic carbocycles. The van der Waals surface area contributed by atoms with Crippen molar-refractivity contribution in [2.24, 2.45) is 23.7 Å². The van der Waals surface area contributed by atoms with Crippen molar-refractivity contribution in [3.63, 3.8) is 0 Å². The quantitative estimate of drug-likeness (QED) is 0.0376. The maximum absolute atomic E-state index is 18.6. The van der Waals surface area contributed by atoms with E-state index >= 15 is 27.2 Å². The number of piperazine rings is 2. The predicted octanol–water partition coefficient (Wildman–Crippen LogP) is 10.4. The average molecular weight is 1510 g/mol. The first-order valence-electron chi connectivity index (χ1n) is 36.9. The van der Waals surface area contributed by atoms with Crippen molar-refractivity contribution in [3.05, 3.63) is 165 Å². The van der Waals surface area contributed by atoms with Gasteiger partial charge in [-0.15, -0.1) is 0 Å². The summed E-state index contributed by atoms with van der Waals surface area (Å²) in [6.07, 6.45) is 0.239. The monoisotopic (exact) mass is 1510 g/mol. The molecule has 0 radical (unpaired) electrons. The fourth-order valence-electron chi connectivity index (χ4n) is 14.7. The van der Waals surface area contributed by atoms with E-state index in [2.05, 4.69) is 23.1 Å². The molecule has 2 aliphatic carbocycles. The Bertz CT molecular complexity index is 5260. The lowest BCUT2D eigenvalue weighted by molar-refractivity contribution is -0.175. The van der Waals surface area contributed by atoms with E-state index in [1.54, 1.807) is 81.9 Å². The second-order valence-electron chi connectivity index (χ2n) is 29.8. The first-order valence-corrected chi connectivity index (χ1v) is 36.9. The third-order valence-corrected chi connectivity index (χ3v) is 20.8. The van der Waals surface area contributed by atoms with Gasteiger partial charge >= 0.3 is 35.3 Å². The average Bonchev–Trinajstić information content (AvgIpc) is 1.07. The molecule has 4 bridgehead atoms. The van der Waals surface area contributed by atoms with Gasteiger partial charge in [0.15, 0.2) is 47.3 Å². The van der Waals surface area contributed by atoms with Gasteiger partial charge in [-0.25, -0.2) is 46.3 Å². The van der Waals surface area contributed by atoms with Crippen LogP contribution in [0.3, 0.4) is 0 Å². The molecule has 0 spiro atoms. The number of rotatable bonds is 16. The van der Waals surface area contributed by atoms with Gasteiger partial charge in [0.25, 0.3) is 0 Å². The van der Waals surface area contributed by atoms with Crippen molar-refractivity contribution < 1.29 is 74.8 Å². The second-order valence-corrected chi connectivity index (χ2v) is 29.8. The first-order chi connectivity index (χ1) is 52.6. The third kappa shape index (κ3) is 14.3. The molecule has 8 aromatic rings. The molecule has 14 rings (SSSR count). The molecule has 4 aliphatic heterocycles. The van der Waals surface area contributed by atoms with Gasteiger partial charge in [0.05, 0.1) is 68.3 Å². The number of anilines is 2. The number of fused-ring (bicyclic) bond motifs is 10. The Morgan fingerprint density at radius 3 is 1.53 bits per heavy atom. The van der Waals surface area contributed by atoms with E-state index in [1.165, 1.54) is 54.9 Å². The number of aromatic nitrogens is 8. The molecule has 2 saturated heterocycles. The summed E-state index contributed by atoms with van der Waals surface area (Å²) in [5.74, 6) is -13.0. The van der Waals surface area contributed by atoms with Crippen molar-refractivity contribution in [1.29, 1.82) is 0 Å². The zero-order valence-corrected chi connectivity index (χ0v) is 62.1. The van der Waals surface area contributed by atoms with Crippen LogP contribution in [0.4, 0.5) is 29.2 Å². The summed E-state index contributed by atoms with van der Waals surface area (Å²) in [6, 6.07) is 10.2. The van der Waals surface area contributed by atoms with Crippen molar-refractivity contribution in [3.8, 4) is 45.4 Å². The summed E-state index contributed by atoms with van der Waals surface area (Å²) >= 11 is 0. The molecule has 6 aliphatic rings. The molecule has 10 heterocycles. The van der Waals surface area contributed by atoms with Crippen molar-refractivity contribution in [2.75, 3.05) is 62.3 Å². The van der Waals surface area contributed by atoms with Gasteiger partial charge in [0, 0.05) is 80.8 Å². The van der Waals surface area contributed by atoms with Gasteiger partial charge < -0.3 is 48.0 Å². The van der Waals surface area contributed by atoms with E-state index < -0.39 is 172 Å². The van der Waals surface area contributed by atoms with Crippen LogP contribution in [0, 0.1) is 46.9 Å². The number of esters is 4. The van der Waals surface area contributed by atoms with E-state index in [0.717, 1.165) is 33.4 Å². The van der Waals surface area contributed by atoms with E-state index in [1.807, 2.05) is 0 Å². The molecule has 2 amide bonds. The van der Waals surface area contributed by atoms with Crippen LogP contribution in [0.25, 0.3) is 56.0 Å². The van der Waals surface area contributed by atoms with E-state index in [0.29, 0.717) is 25.7 Å². The highest BCUT2D eigenvalue weighted by Gasteiger charge is 2.45. The largest absolute Gasteiger partial charge is 0.489 e. The topological polar surface area (TPSA) is 292 Å². The van der Waals surface area contributed by atoms with Gasteiger partial charge in [-0.2, -0.15) is 9.97 Å². The molecular formula is C80H82F4N12O14. The molecule has 5 unspecified atom stereocenters. The number of carbonyl (C=O) groups excluding carboxylic acids is 6. The Hall–Kier alpha value is -11.5. The fourth-order valence-corrected chi connectivity index (χ4v) is 14.7. The van der Waals surface area contributed by atoms with E-state index in [9.17, 15) is 28.8 Å². The number of ether oxygens (including phenoxy) is 6. The van der Waals surface area contributed by atoms with Crippen molar-refractivity contribution in [1.82, 2.24) is 48.8 Å². The van der Waals surface area contributed by atoms with Crippen LogP contribution in [0.2, 0.25) is 0 Å². The minimum Gasteiger partial charge on any atom is -0.489 e. The van der Waals surface area contributed by atoms with Crippen LogP contribution in [-0.2, 0) is 54.1 Å². The number of pyridine rings is 4. The highest BCUT2D eigenvalue weighted by atomic mass is 19.1. The maximum Gasteiger partial charge on any atom is 0.355 e. The zero-order valence-electron chi connectivity index (χ0n) is 62.1. The number of hydrogen-bond donors (Lipinski definition) is 0. The van der Waals surface area contributed by atoms with Crippen LogP contribution >= 0.6 is 0 Å². The fraction of sp³-hybridized carbons (Fsp3) is 0.425. The standard InChI is InChI=1S/C80H82F4N12O14/c1-12-59(97)91-25-27-93(42(10)34-91)71-49-33-54(84)66-62-52(82)30-44(31-56(62)106-37-57(107-75(99)39(5)6)69(109-76(100)40(7)8)47-21-23-85-63(38(3)4)67(47)95(73(49)88-66)79(103)89-71)29-41(9)64-68-48(22-24-86-64)70(110-78(102)46-19-20-46)58(108-77(101)45-17-18-45)36-105-55-16-14-15-51(81)61(55)65-53(83)32-50-72(90-80(104)96(68)74(50)87-65)94-28-26-92(35-43(94)11)60(98)13-2/h12-16,21-24,30-33,38-43,45-46,57-58,69-70H,1-2,17-20,25-29,34-37H2,3-11H3/t41?,42-,43-,57?,58?,69?,70?/m0/s1. The molecule has 0 N–H and O–H groups in total. The third-order valence-electron chi connectivity index (χ3n) is 20.8. The summed E-state index contributed by atoms with van der Waals surface area (Å²) in [6.45, 7) is 21.8. The molecule has 6 aromatic heterocycles. The molecule has 30 heteroatoms. The second kappa shape index (κ2) is 30.2. The molecule has 7 atom stereocenters. The Morgan fingerprint density at radius 2 is 1.03 bits per heavy atom. The van der Waals surface area contributed by atoms with Crippen molar-refractivity contribution in [2.45, 2.75) is 143 Å². The lowest BCUT2D eigenvalue weighted by Gasteiger charge is -2.40. The summed E-state index contributed by atoms with van der Waals surface area (Å²) < 4.78 is 112. The Morgan fingerprint density at radius 1 is 0.555 bits per heavy atom. The number of benzene rings is 2. The Balaban J connectivity index is 0.996. The summed E-state index contributed by atoms with van der Waals surface area (Å²) in [5, 5.41) is -0.123. The molecule has 574 valence electrons. The SMILES string of the molecule is C=CC(=O)N1CCN(c2nc(=O)n3c4nc(c(F)cc24)-c2c(F)cc(CC(C)c4nccc5c4-n4c(=O)nc(N6CCN(C(=O)C=C)C[C@@H]6C)c6cc(F)c(nc64)-c4c(F)cccc4OCC(OC(=O)C4CC4)C5OC(=O)C4CC4)cc2OCC(OC(=O)C(C)C)C(OC(=O)C(C)C)c2ccnc(C(C)C)c2-3)[C@@H](C)C1. The lowest BCUT2D eigenvalue weighted by atomic mass is 9.91. The van der Waals surface area contributed by atoms with Gasteiger partial charge in [0.1, 0.15) is 59.4 Å². The highest BCUT2D eigenvalue weighted by molar-refractivity contribution is 5.94. The smallest absolute Gasteiger partial charge is 0.355 e. The van der Waals surface area contributed by atoms with Crippen molar-refractivity contribution >= 4 is 69.4 Å². The zero-order chi connectivity index (χ0) is 78.2. The predicted molar refractivity (Wildman–Crippen MR) is 393 cm³/mol. The van der Waals surface area contributed by atoms with Crippen LogP contribution in [-0.4, -0.2) is 161 Å². The number of amides is 2. The molecule has 26 nitrogen and oxygen atoms in total. The summed E-state index contributed by atoms with van der Waals surface area (Å²) in [5.41, 5.74) is -4.75. The molecule has 110 heavy (non-hydrogen) atoms. The van der Waals surface area contributed by atoms with Crippen LogP contribution in [0.1, 0.15) is 140 Å². The lowest BCUT2D eigenvalue weighted by Crippen LogP contribution is -2.54. The number of carbonyl (C=O) groups is 6. The summed E-state index contributed by atoms with van der Waals surface area (Å²) in [4.78, 5) is 150. The van der Waals surface area contributed by atoms with E-state index in [-0.39, 0.29) is 136 Å². The van der Waals surface area contributed by atoms with Crippen LogP contribution < -0.4 is 30.7 Å². The van der Waals surface area contributed by atoms with Gasteiger partial charge in [0.2, 0.25) is 11.8 Å². The minimum atomic E-state index is -1.66. The number of halogens is 4. The molecular weight excluding hydrogens is 1430 g/mol. The molecule has 2 saturated carbocycles. The Kier molecular flexibility index (Phi) is 20.7. The normalized spacial score (nSPS) is 20.0. The van der Waals surface area contributed by atoms with Crippen LogP contribution in [0.15, 0.2) is 102 Å². The highest BCUT2D eigenvalue weighted by Crippen LogP contribution is 2.46. The summed E-state index contributed by atoms with van der Waals surface area (Å²) in [7, 11) is 0. The van der Waals surface area contributed by atoms with Crippen LogP contribution in [0.5, 0.6) is 11.5 Å². The molecule has 4 fully saturated rings. The van der Waals surface area contributed by atoms with Gasteiger partial charge in [-0.05, 0) is 118 Å². The number of hydrogen-bond acceptors (Lipinski definition) is 22. The Labute approximate surface area is 629 Å². The van der Waals surface area contributed by atoms with Gasteiger partial charge in [-0.1, -0.05) is 67.7 Å².